The maximum Gasteiger partial charge on any atom is 0.261 e. The molecule has 1 aromatic heterocycles. The zero-order valence-electron chi connectivity index (χ0n) is 17.5. The minimum Gasteiger partial charge on any atom is -0.356 e. The third-order valence-electron chi connectivity index (χ3n) is 6.20. The summed E-state index contributed by atoms with van der Waals surface area (Å²) in [7, 11) is 0. The molecule has 2 aliphatic heterocycles. The minimum absolute atomic E-state index is 0. The van der Waals surface area contributed by atoms with Gasteiger partial charge in [-0.15, -0.1) is 24.8 Å². The molecule has 0 bridgehead atoms. The Labute approximate surface area is 197 Å². The van der Waals surface area contributed by atoms with Crippen molar-refractivity contribution in [2.24, 2.45) is 0 Å². The average Bonchev–Trinajstić information content (AvgIpc) is 3.26. The highest BCUT2D eigenvalue weighted by Gasteiger charge is 2.35. The van der Waals surface area contributed by atoms with Gasteiger partial charge in [0, 0.05) is 30.5 Å². The Morgan fingerprint density at radius 2 is 1.72 bits per heavy atom. The monoisotopic (exact) mass is 479 g/mol. The van der Waals surface area contributed by atoms with Crippen molar-refractivity contribution in [3.8, 4) is 0 Å². The molecule has 9 heteroatoms. The molecule has 0 radical (unpaired) electrons. The summed E-state index contributed by atoms with van der Waals surface area (Å²) >= 11 is 0. The Morgan fingerprint density at radius 3 is 2.47 bits per heavy atom. The number of carbonyl (C=O) groups is 2. The van der Waals surface area contributed by atoms with Crippen LogP contribution >= 0.6 is 24.8 Å². The van der Waals surface area contributed by atoms with E-state index >= 15 is 0 Å². The molecule has 32 heavy (non-hydrogen) atoms. The lowest BCUT2D eigenvalue weighted by atomic mass is 9.91. The zero-order chi connectivity index (χ0) is 20.8. The molecule has 5 rings (SSSR count). The number of hydrogen-bond donors (Lipinski definition) is 0. The van der Waals surface area contributed by atoms with Crippen molar-refractivity contribution < 1.29 is 18.5 Å². The number of imide groups is 1. The maximum atomic E-state index is 13.4. The van der Waals surface area contributed by atoms with Crippen LogP contribution in [0.3, 0.4) is 0 Å². The Balaban J connectivity index is 0.00000144. The third-order valence-corrected chi connectivity index (χ3v) is 6.20. The van der Waals surface area contributed by atoms with Gasteiger partial charge in [0.2, 0.25) is 0 Å². The van der Waals surface area contributed by atoms with Crippen molar-refractivity contribution >= 4 is 47.6 Å². The van der Waals surface area contributed by atoms with E-state index in [9.17, 15) is 14.0 Å². The van der Waals surface area contributed by atoms with Crippen LogP contribution in [-0.2, 0) is 0 Å². The summed E-state index contributed by atoms with van der Waals surface area (Å²) in [6.07, 6.45) is 1.81. The van der Waals surface area contributed by atoms with Crippen molar-refractivity contribution in [3.63, 3.8) is 0 Å². The van der Waals surface area contributed by atoms with Crippen LogP contribution < -0.4 is 0 Å². The summed E-state index contributed by atoms with van der Waals surface area (Å²) in [4.78, 5) is 28.8. The number of benzene rings is 2. The molecule has 0 saturated carbocycles. The number of halogens is 3. The van der Waals surface area contributed by atoms with Crippen LogP contribution in [0.25, 0.3) is 11.0 Å². The first-order valence-corrected chi connectivity index (χ1v) is 10.3. The Morgan fingerprint density at radius 1 is 1.00 bits per heavy atom. The number of amides is 2. The Hall–Kier alpha value is -2.48. The largest absolute Gasteiger partial charge is 0.356 e. The Kier molecular flexibility index (Phi) is 7.22. The van der Waals surface area contributed by atoms with Gasteiger partial charge in [-0.25, -0.2) is 4.39 Å². The fraction of sp³-hybridized carbons (Fsp3) is 0.348. The van der Waals surface area contributed by atoms with Gasteiger partial charge in [0.15, 0.2) is 5.58 Å². The molecule has 3 aromatic rings. The molecular weight excluding hydrogens is 456 g/mol. The molecule has 1 fully saturated rings. The van der Waals surface area contributed by atoms with Gasteiger partial charge in [0.05, 0.1) is 16.8 Å². The van der Waals surface area contributed by atoms with Crippen LogP contribution in [0.4, 0.5) is 4.39 Å². The lowest BCUT2D eigenvalue weighted by Gasteiger charge is -2.32. The summed E-state index contributed by atoms with van der Waals surface area (Å²) in [5.41, 5.74) is 3.35. The first-order valence-electron chi connectivity index (χ1n) is 10.3. The summed E-state index contributed by atoms with van der Waals surface area (Å²) in [6, 6.07) is 9.92. The number of nitrogens with zero attached hydrogens (tertiary/aromatic N) is 3. The van der Waals surface area contributed by atoms with E-state index in [2.05, 4.69) is 10.1 Å². The molecular formula is C23H24Cl2FN3O3. The second kappa shape index (κ2) is 9.57. The molecule has 2 amide bonds. The lowest BCUT2D eigenvalue weighted by molar-refractivity contribution is 0.0629. The van der Waals surface area contributed by atoms with Crippen molar-refractivity contribution in [3.05, 3.63) is 64.6 Å². The number of likely N-dealkylation sites (tertiary alicyclic amines) is 1. The first-order chi connectivity index (χ1) is 14.5. The summed E-state index contributed by atoms with van der Waals surface area (Å²) in [6.45, 7) is 4.66. The van der Waals surface area contributed by atoms with Gasteiger partial charge < -0.3 is 9.42 Å². The van der Waals surface area contributed by atoms with Crippen molar-refractivity contribution in [2.45, 2.75) is 25.7 Å². The standard InChI is InChI=1S/C23H22FN3O3.2ClH/c1-14-2-4-17-19(12-14)23(29)27(22(17)28)11-10-26-8-6-15(7-9-26)21-18-5-3-16(24)13-20(18)30-25-21;;/h2-5,12-13,15H,6-11H2,1H3;2*1H. The predicted molar refractivity (Wildman–Crippen MR) is 123 cm³/mol. The lowest BCUT2D eigenvalue weighted by Crippen LogP contribution is -2.41. The number of hydrogen-bond acceptors (Lipinski definition) is 5. The van der Waals surface area contributed by atoms with E-state index in [0.717, 1.165) is 42.6 Å². The summed E-state index contributed by atoms with van der Waals surface area (Å²) in [5, 5.41) is 5.06. The molecule has 0 aliphatic carbocycles. The number of aryl methyl sites for hydroxylation is 1. The minimum atomic E-state index is -0.330. The van der Waals surface area contributed by atoms with Crippen LogP contribution in [0.15, 0.2) is 40.9 Å². The SMILES string of the molecule is Cc1ccc2c(c1)C(=O)N(CCN1CCC(c3noc4cc(F)ccc34)CC1)C2=O.Cl.Cl. The Bertz CT molecular complexity index is 1160. The van der Waals surface area contributed by atoms with Gasteiger partial charge in [-0.3, -0.25) is 14.5 Å². The second-order valence-corrected chi connectivity index (χ2v) is 8.14. The summed E-state index contributed by atoms with van der Waals surface area (Å²) < 4.78 is 18.7. The number of piperidine rings is 1. The molecule has 2 aliphatic rings. The van der Waals surface area contributed by atoms with Gasteiger partial charge in [0.1, 0.15) is 5.82 Å². The second-order valence-electron chi connectivity index (χ2n) is 8.14. The van der Waals surface area contributed by atoms with Gasteiger partial charge in [0.25, 0.3) is 11.8 Å². The van der Waals surface area contributed by atoms with Crippen LogP contribution in [0, 0.1) is 12.7 Å². The van der Waals surface area contributed by atoms with Crippen molar-refractivity contribution in [1.29, 1.82) is 0 Å². The molecule has 170 valence electrons. The normalized spacial score (nSPS) is 16.8. The van der Waals surface area contributed by atoms with Crippen LogP contribution in [-0.4, -0.2) is 52.9 Å². The van der Waals surface area contributed by atoms with E-state index in [1.54, 1.807) is 18.2 Å². The molecule has 6 nitrogen and oxygen atoms in total. The number of aromatic nitrogens is 1. The fourth-order valence-electron chi connectivity index (χ4n) is 4.50. The molecule has 0 N–H and O–H groups in total. The fourth-order valence-corrected chi connectivity index (χ4v) is 4.50. The highest BCUT2D eigenvalue weighted by atomic mass is 35.5. The molecule has 0 atom stereocenters. The molecule has 2 aromatic carbocycles. The van der Waals surface area contributed by atoms with E-state index in [0.29, 0.717) is 29.8 Å². The predicted octanol–water partition coefficient (Wildman–Crippen LogP) is 4.59. The van der Waals surface area contributed by atoms with Gasteiger partial charge in [-0.05, 0) is 57.1 Å². The third kappa shape index (κ3) is 4.25. The van der Waals surface area contributed by atoms with Crippen LogP contribution in [0.1, 0.15) is 50.7 Å². The van der Waals surface area contributed by atoms with Gasteiger partial charge in [-0.1, -0.05) is 16.8 Å². The molecule has 3 heterocycles. The molecule has 0 spiro atoms. The van der Waals surface area contributed by atoms with E-state index in [4.69, 9.17) is 4.52 Å². The first kappa shape index (κ1) is 24.2. The van der Waals surface area contributed by atoms with E-state index < -0.39 is 0 Å². The van der Waals surface area contributed by atoms with Crippen LogP contribution in [0.5, 0.6) is 0 Å². The van der Waals surface area contributed by atoms with E-state index in [1.165, 1.54) is 17.0 Å². The number of fused-ring (bicyclic) bond motifs is 2. The number of rotatable bonds is 4. The van der Waals surface area contributed by atoms with Gasteiger partial charge >= 0.3 is 0 Å². The van der Waals surface area contributed by atoms with Crippen molar-refractivity contribution in [2.75, 3.05) is 26.2 Å². The quantitative estimate of drug-likeness (QED) is 0.511. The summed E-state index contributed by atoms with van der Waals surface area (Å²) in [5.74, 6) is -0.473. The van der Waals surface area contributed by atoms with E-state index in [1.807, 2.05) is 13.0 Å². The highest BCUT2D eigenvalue weighted by molar-refractivity contribution is 6.21. The smallest absolute Gasteiger partial charge is 0.261 e. The topological polar surface area (TPSA) is 66.7 Å². The number of carbonyl (C=O) groups excluding carboxylic acids is 2. The highest BCUT2D eigenvalue weighted by Crippen LogP contribution is 2.33. The zero-order valence-corrected chi connectivity index (χ0v) is 19.2. The molecule has 0 unspecified atom stereocenters. The molecule has 1 saturated heterocycles. The van der Waals surface area contributed by atoms with E-state index in [-0.39, 0.29) is 48.4 Å². The average molecular weight is 480 g/mol. The maximum absolute atomic E-state index is 13.4. The van der Waals surface area contributed by atoms with Crippen LogP contribution in [0.2, 0.25) is 0 Å². The van der Waals surface area contributed by atoms with Crippen molar-refractivity contribution in [1.82, 2.24) is 15.0 Å². The van der Waals surface area contributed by atoms with Gasteiger partial charge in [-0.2, -0.15) is 0 Å².